The van der Waals surface area contributed by atoms with Gasteiger partial charge in [0.05, 0.1) is 16.6 Å². The molecule has 1 saturated carbocycles. The van der Waals surface area contributed by atoms with Crippen molar-refractivity contribution in [2.75, 3.05) is 0 Å². The fraction of sp³-hybridized carbons (Fsp3) is 0.500. The quantitative estimate of drug-likeness (QED) is 0.579. The molecule has 0 atom stereocenters. The van der Waals surface area contributed by atoms with Crippen LogP contribution in [0.25, 0.3) is 0 Å². The highest BCUT2D eigenvalue weighted by molar-refractivity contribution is 5.53. The van der Waals surface area contributed by atoms with Crippen molar-refractivity contribution in [3.8, 4) is 5.75 Å². The van der Waals surface area contributed by atoms with Crippen molar-refractivity contribution in [2.24, 2.45) is 0 Å². The fourth-order valence-electron chi connectivity index (χ4n) is 1.83. The molecule has 0 unspecified atom stereocenters. The van der Waals surface area contributed by atoms with Crippen molar-refractivity contribution in [1.82, 2.24) is 0 Å². The van der Waals surface area contributed by atoms with Gasteiger partial charge in [0.15, 0.2) is 0 Å². The average molecular weight is 221 g/mol. The van der Waals surface area contributed by atoms with Crippen LogP contribution in [-0.4, -0.2) is 11.0 Å². The molecule has 1 aliphatic carbocycles. The summed E-state index contributed by atoms with van der Waals surface area (Å²) in [5.41, 5.74) is 0.974. The molecule has 0 aliphatic heterocycles. The summed E-state index contributed by atoms with van der Waals surface area (Å²) in [6, 6.07) is 5.06. The zero-order valence-corrected chi connectivity index (χ0v) is 9.47. The first-order valence-electron chi connectivity index (χ1n) is 5.53. The van der Waals surface area contributed by atoms with Crippen molar-refractivity contribution in [3.63, 3.8) is 0 Å². The first-order valence-corrected chi connectivity index (χ1v) is 5.53. The molecule has 0 N–H and O–H groups in total. The van der Waals surface area contributed by atoms with Gasteiger partial charge in [0.1, 0.15) is 5.75 Å². The van der Waals surface area contributed by atoms with E-state index in [1.807, 2.05) is 19.9 Å². The predicted octanol–water partition coefficient (Wildman–Crippen LogP) is 3.26. The Balaban J connectivity index is 2.43. The first-order chi connectivity index (χ1) is 7.59. The second-order valence-electron chi connectivity index (χ2n) is 4.39. The molecule has 0 saturated heterocycles. The minimum absolute atomic E-state index is 0.0412. The van der Waals surface area contributed by atoms with E-state index in [1.165, 1.54) is 0 Å². The molecule has 1 aromatic rings. The average Bonchev–Trinajstić information content (AvgIpc) is 2.99. The Labute approximate surface area is 94.4 Å². The molecule has 1 fully saturated rings. The van der Waals surface area contributed by atoms with Gasteiger partial charge in [-0.25, -0.2) is 0 Å². The molecule has 0 aromatic heterocycles. The molecule has 0 amide bonds. The number of nitro benzene ring substituents is 1. The van der Waals surface area contributed by atoms with Crippen LogP contribution in [0.1, 0.15) is 38.2 Å². The van der Waals surface area contributed by atoms with Crippen molar-refractivity contribution in [2.45, 2.75) is 38.7 Å². The van der Waals surface area contributed by atoms with Crippen LogP contribution in [-0.2, 0) is 0 Å². The van der Waals surface area contributed by atoms with E-state index in [0.717, 1.165) is 18.4 Å². The molecule has 0 heterocycles. The zero-order chi connectivity index (χ0) is 11.7. The standard InChI is InChI=1S/C12H15NO3/c1-8(2)16-11-5-3-4-10(13(14)15)12(11)9-6-7-9/h3-5,8-9H,6-7H2,1-2H3. The van der Waals surface area contributed by atoms with E-state index in [2.05, 4.69) is 0 Å². The highest BCUT2D eigenvalue weighted by Gasteiger charge is 2.33. The smallest absolute Gasteiger partial charge is 0.276 e. The monoisotopic (exact) mass is 221 g/mol. The second kappa shape index (κ2) is 4.12. The zero-order valence-electron chi connectivity index (χ0n) is 9.47. The van der Waals surface area contributed by atoms with Crippen LogP contribution in [0.15, 0.2) is 18.2 Å². The summed E-state index contributed by atoms with van der Waals surface area (Å²) in [4.78, 5) is 10.6. The van der Waals surface area contributed by atoms with Crippen molar-refractivity contribution >= 4 is 5.69 Å². The van der Waals surface area contributed by atoms with E-state index < -0.39 is 0 Å². The van der Waals surface area contributed by atoms with Gasteiger partial charge >= 0.3 is 0 Å². The van der Waals surface area contributed by atoms with Crippen molar-refractivity contribution in [3.05, 3.63) is 33.9 Å². The minimum atomic E-state index is -0.319. The highest BCUT2D eigenvalue weighted by atomic mass is 16.6. The molecule has 4 nitrogen and oxygen atoms in total. The number of rotatable bonds is 4. The number of hydrogen-bond donors (Lipinski definition) is 0. The SMILES string of the molecule is CC(C)Oc1cccc([N+](=O)[O-])c1C1CC1. The fourth-order valence-corrected chi connectivity index (χ4v) is 1.83. The maximum absolute atomic E-state index is 10.9. The van der Waals surface area contributed by atoms with Crippen LogP contribution in [0.3, 0.4) is 0 Å². The first kappa shape index (κ1) is 10.9. The van der Waals surface area contributed by atoms with Gasteiger partial charge in [0.2, 0.25) is 0 Å². The van der Waals surface area contributed by atoms with Crippen molar-refractivity contribution < 1.29 is 9.66 Å². The van der Waals surface area contributed by atoms with Crippen LogP contribution in [0.2, 0.25) is 0 Å². The summed E-state index contributed by atoms with van der Waals surface area (Å²) in [6.45, 7) is 3.85. The molecule has 0 spiro atoms. The predicted molar refractivity (Wildman–Crippen MR) is 60.8 cm³/mol. The van der Waals surface area contributed by atoms with Crippen molar-refractivity contribution in [1.29, 1.82) is 0 Å². The van der Waals surface area contributed by atoms with Crippen LogP contribution in [0, 0.1) is 10.1 Å². The summed E-state index contributed by atoms with van der Waals surface area (Å²) in [6.07, 6.45) is 2.10. The van der Waals surface area contributed by atoms with Gasteiger partial charge < -0.3 is 4.74 Å². The molecule has 1 aromatic carbocycles. The van der Waals surface area contributed by atoms with E-state index >= 15 is 0 Å². The van der Waals surface area contributed by atoms with Gasteiger partial charge in [-0.05, 0) is 38.7 Å². The second-order valence-corrected chi connectivity index (χ2v) is 4.39. The summed E-state index contributed by atoms with van der Waals surface area (Å²) in [5, 5.41) is 10.9. The Morgan fingerprint density at radius 2 is 2.12 bits per heavy atom. The topological polar surface area (TPSA) is 52.4 Å². The number of hydrogen-bond acceptors (Lipinski definition) is 3. The molecule has 86 valence electrons. The third kappa shape index (κ3) is 2.15. The van der Waals surface area contributed by atoms with Gasteiger partial charge in [-0.2, -0.15) is 0 Å². The molecule has 1 aliphatic rings. The Hall–Kier alpha value is -1.58. The molecule has 2 rings (SSSR count). The third-order valence-electron chi connectivity index (χ3n) is 2.59. The number of ether oxygens (including phenoxy) is 1. The van der Waals surface area contributed by atoms with Gasteiger partial charge in [-0.3, -0.25) is 10.1 Å². The molecule has 0 bridgehead atoms. The lowest BCUT2D eigenvalue weighted by molar-refractivity contribution is -0.385. The Morgan fingerprint density at radius 1 is 1.44 bits per heavy atom. The van der Waals surface area contributed by atoms with Gasteiger partial charge in [0, 0.05) is 6.07 Å². The van der Waals surface area contributed by atoms with E-state index in [9.17, 15) is 10.1 Å². The van der Waals surface area contributed by atoms with Gasteiger partial charge in [0.25, 0.3) is 5.69 Å². The number of benzene rings is 1. The van der Waals surface area contributed by atoms with Crippen LogP contribution in [0.4, 0.5) is 5.69 Å². The van der Waals surface area contributed by atoms with E-state index in [0.29, 0.717) is 11.7 Å². The van der Waals surface area contributed by atoms with E-state index in [4.69, 9.17) is 4.74 Å². The minimum Gasteiger partial charge on any atom is -0.490 e. The largest absolute Gasteiger partial charge is 0.490 e. The Bertz CT molecular complexity index is 411. The van der Waals surface area contributed by atoms with Gasteiger partial charge in [-0.15, -0.1) is 0 Å². The highest BCUT2D eigenvalue weighted by Crippen LogP contribution is 2.48. The summed E-state index contributed by atoms with van der Waals surface area (Å²) in [7, 11) is 0. The Kier molecular flexibility index (Phi) is 2.81. The molecular formula is C12H15NO3. The normalized spacial score (nSPS) is 15.2. The summed E-state index contributed by atoms with van der Waals surface area (Å²) < 4.78 is 5.63. The van der Waals surface area contributed by atoms with E-state index in [1.54, 1.807) is 12.1 Å². The van der Waals surface area contributed by atoms with Crippen LogP contribution < -0.4 is 4.74 Å². The lowest BCUT2D eigenvalue weighted by atomic mass is 10.1. The number of nitro groups is 1. The maximum Gasteiger partial charge on any atom is 0.276 e. The lowest BCUT2D eigenvalue weighted by Gasteiger charge is -2.13. The number of nitrogens with zero attached hydrogens (tertiary/aromatic N) is 1. The van der Waals surface area contributed by atoms with Gasteiger partial charge in [-0.1, -0.05) is 6.07 Å². The van der Waals surface area contributed by atoms with Crippen LogP contribution >= 0.6 is 0 Å². The van der Waals surface area contributed by atoms with E-state index in [-0.39, 0.29) is 16.7 Å². The lowest BCUT2D eigenvalue weighted by Crippen LogP contribution is -2.08. The molecule has 0 radical (unpaired) electrons. The summed E-state index contributed by atoms with van der Waals surface area (Å²) >= 11 is 0. The summed E-state index contributed by atoms with van der Waals surface area (Å²) in [5.74, 6) is 0.988. The molecular weight excluding hydrogens is 206 g/mol. The maximum atomic E-state index is 10.9. The molecule has 4 heteroatoms. The Morgan fingerprint density at radius 3 is 2.62 bits per heavy atom. The van der Waals surface area contributed by atoms with Crippen LogP contribution in [0.5, 0.6) is 5.75 Å². The third-order valence-corrected chi connectivity index (χ3v) is 2.59. The molecule has 16 heavy (non-hydrogen) atoms.